The van der Waals surface area contributed by atoms with Gasteiger partial charge in [-0.1, -0.05) is 68.2 Å². The van der Waals surface area contributed by atoms with Gasteiger partial charge in [0.15, 0.2) is 0 Å². The summed E-state index contributed by atoms with van der Waals surface area (Å²) in [5.74, 6) is 0.582. The van der Waals surface area contributed by atoms with Gasteiger partial charge in [0, 0.05) is 28.0 Å². The lowest BCUT2D eigenvalue weighted by Gasteiger charge is -2.52. The van der Waals surface area contributed by atoms with Crippen molar-refractivity contribution in [2.75, 3.05) is 5.75 Å². The van der Waals surface area contributed by atoms with Gasteiger partial charge in [0.25, 0.3) is 5.91 Å². The second kappa shape index (κ2) is 10.7. The minimum atomic E-state index is -1.10. The number of carbonyl (C=O) groups is 1. The molecule has 36 heavy (non-hydrogen) atoms. The molecule has 4 atom stereocenters. The summed E-state index contributed by atoms with van der Waals surface area (Å²) in [5.41, 5.74) is 0.395. The van der Waals surface area contributed by atoms with Crippen molar-refractivity contribution in [1.29, 1.82) is 0 Å². The van der Waals surface area contributed by atoms with E-state index in [1.807, 2.05) is 47.9 Å². The molecular weight excluding hydrogens is 516 g/mol. The van der Waals surface area contributed by atoms with Crippen molar-refractivity contribution >= 4 is 40.9 Å². The van der Waals surface area contributed by atoms with E-state index in [1.54, 1.807) is 18.2 Å². The summed E-state index contributed by atoms with van der Waals surface area (Å²) in [6.45, 7) is 12.3. The minimum absolute atomic E-state index is 0.0137. The van der Waals surface area contributed by atoms with Crippen molar-refractivity contribution in [3.8, 4) is 0 Å². The number of halogens is 3. The molecule has 0 bridgehead atoms. The Hall–Kier alpha value is -1.53. The van der Waals surface area contributed by atoms with Crippen LogP contribution in [0.4, 0.5) is 4.39 Å². The number of carbonyl (C=O) groups excluding carboxylic acids is 1. The number of benzene rings is 2. The number of thioether (sulfide) groups is 1. The van der Waals surface area contributed by atoms with Crippen LogP contribution in [0.3, 0.4) is 0 Å². The zero-order chi connectivity index (χ0) is 26.3. The predicted octanol–water partition coefficient (Wildman–Crippen LogP) is 8.42. The van der Waals surface area contributed by atoms with Gasteiger partial charge in [0.05, 0.1) is 11.1 Å². The molecule has 1 aliphatic carbocycles. The average Bonchev–Trinajstić information content (AvgIpc) is 3.63. The third-order valence-electron chi connectivity index (χ3n) is 6.87. The van der Waals surface area contributed by atoms with Crippen molar-refractivity contribution in [3.63, 3.8) is 0 Å². The predicted molar refractivity (Wildman–Crippen MR) is 148 cm³/mol. The normalized spacial score (nSPS) is 25.6. The molecule has 2 aliphatic rings. The Kier molecular flexibility index (Phi) is 8.16. The third-order valence-corrected chi connectivity index (χ3v) is 8.78. The van der Waals surface area contributed by atoms with Gasteiger partial charge in [-0.05, 0) is 61.1 Å². The Morgan fingerprint density at radius 2 is 1.94 bits per heavy atom. The molecule has 7 heteroatoms. The number of hydrogen-bond donors (Lipinski definition) is 0. The molecule has 2 aromatic rings. The smallest absolute Gasteiger partial charge is 0.255 e. The number of morpholine rings is 1. The lowest BCUT2D eigenvalue weighted by Crippen LogP contribution is -2.61. The standard InChI is InChI=1S/C29H34Cl2FNO2S/c1-6-14-29(5)27(34)33(24(18-10-11-18)17-36-28(2,3)4)25(19-12-13-22(31)23(32)16-19)26(35-29)20-8-7-9-21(30)15-20/h6-9,12-13,15-16,18,24-26H,1,10-11,14,17H2,2-5H3/t24?,25?,26-,29+/m1/s1. The van der Waals surface area contributed by atoms with Crippen LogP contribution in [0.5, 0.6) is 0 Å². The highest BCUT2D eigenvalue weighted by molar-refractivity contribution is 8.00. The van der Waals surface area contributed by atoms with Crippen LogP contribution in [0.2, 0.25) is 10.0 Å². The van der Waals surface area contributed by atoms with E-state index < -0.39 is 23.6 Å². The van der Waals surface area contributed by atoms with E-state index in [-0.39, 0.29) is 21.7 Å². The summed E-state index contributed by atoms with van der Waals surface area (Å²) < 4.78 is 21.5. The minimum Gasteiger partial charge on any atom is -0.355 e. The second-order valence-corrected chi connectivity index (χ2v) is 13.7. The Bertz CT molecular complexity index is 1130. The molecule has 0 radical (unpaired) electrons. The molecule has 2 fully saturated rings. The van der Waals surface area contributed by atoms with Gasteiger partial charge >= 0.3 is 0 Å². The van der Waals surface area contributed by atoms with E-state index in [1.165, 1.54) is 6.07 Å². The van der Waals surface area contributed by atoms with E-state index in [2.05, 4.69) is 27.4 Å². The molecular formula is C29H34Cl2FNO2S. The van der Waals surface area contributed by atoms with E-state index in [9.17, 15) is 9.18 Å². The van der Waals surface area contributed by atoms with E-state index in [0.29, 0.717) is 22.9 Å². The summed E-state index contributed by atoms with van der Waals surface area (Å²) in [6, 6.07) is 11.7. The first-order valence-electron chi connectivity index (χ1n) is 12.4. The maximum atomic E-state index is 14.8. The number of hydrogen-bond acceptors (Lipinski definition) is 3. The molecule has 1 saturated carbocycles. The first kappa shape index (κ1) is 27.5. The van der Waals surface area contributed by atoms with Gasteiger partial charge in [-0.2, -0.15) is 11.8 Å². The van der Waals surface area contributed by atoms with Gasteiger partial charge in [0.1, 0.15) is 17.5 Å². The summed E-state index contributed by atoms with van der Waals surface area (Å²) in [7, 11) is 0. The summed E-state index contributed by atoms with van der Waals surface area (Å²) in [4.78, 5) is 16.3. The number of nitrogens with zero attached hydrogens (tertiary/aromatic N) is 1. The lowest BCUT2D eigenvalue weighted by molar-refractivity contribution is -0.202. The van der Waals surface area contributed by atoms with E-state index in [4.69, 9.17) is 27.9 Å². The highest BCUT2D eigenvalue weighted by Crippen LogP contribution is 2.51. The van der Waals surface area contributed by atoms with Gasteiger partial charge in [-0.3, -0.25) is 4.79 Å². The highest BCUT2D eigenvalue weighted by atomic mass is 35.5. The van der Waals surface area contributed by atoms with Crippen molar-refractivity contribution in [3.05, 3.63) is 82.1 Å². The Balaban J connectivity index is 1.90. The van der Waals surface area contributed by atoms with Crippen molar-refractivity contribution in [2.24, 2.45) is 5.92 Å². The van der Waals surface area contributed by atoms with Crippen molar-refractivity contribution < 1.29 is 13.9 Å². The van der Waals surface area contributed by atoms with Crippen LogP contribution < -0.4 is 0 Å². The van der Waals surface area contributed by atoms with Crippen LogP contribution in [-0.2, 0) is 9.53 Å². The quantitative estimate of drug-likeness (QED) is 0.309. The molecule has 0 aromatic heterocycles. The monoisotopic (exact) mass is 549 g/mol. The highest BCUT2D eigenvalue weighted by Gasteiger charge is 2.54. The van der Waals surface area contributed by atoms with Crippen molar-refractivity contribution in [2.45, 2.75) is 75.5 Å². The average molecular weight is 551 g/mol. The van der Waals surface area contributed by atoms with Crippen LogP contribution in [0.15, 0.2) is 55.1 Å². The molecule has 1 aliphatic heterocycles. The Morgan fingerprint density at radius 3 is 2.53 bits per heavy atom. The second-order valence-electron chi connectivity index (χ2n) is 11.0. The fourth-order valence-electron chi connectivity index (χ4n) is 4.93. The maximum absolute atomic E-state index is 14.8. The lowest BCUT2D eigenvalue weighted by atomic mass is 9.85. The van der Waals surface area contributed by atoms with Crippen LogP contribution in [-0.4, -0.2) is 32.9 Å². The molecule has 194 valence electrons. The van der Waals surface area contributed by atoms with Crippen molar-refractivity contribution in [1.82, 2.24) is 4.90 Å². The van der Waals surface area contributed by atoms with Gasteiger partial charge in [0.2, 0.25) is 0 Å². The Labute approximate surface area is 228 Å². The third kappa shape index (κ3) is 5.96. The molecule has 0 N–H and O–H groups in total. The van der Waals surface area contributed by atoms with Gasteiger partial charge in [-0.25, -0.2) is 4.39 Å². The molecule has 0 spiro atoms. The molecule has 4 rings (SSSR count). The first-order valence-corrected chi connectivity index (χ1v) is 14.1. The van der Waals surface area contributed by atoms with E-state index >= 15 is 0 Å². The molecule has 3 nitrogen and oxygen atoms in total. The van der Waals surface area contributed by atoms with Crippen LogP contribution in [0.25, 0.3) is 0 Å². The van der Waals surface area contributed by atoms with Crippen LogP contribution in [0, 0.1) is 11.7 Å². The van der Waals surface area contributed by atoms with E-state index in [0.717, 1.165) is 24.2 Å². The summed E-state index contributed by atoms with van der Waals surface area (Å²) in [5, 5.41) is 0.624. The Morgan fingerprint density at radius 1 is 1.22 bits per heavy atom. The maximum Gasteiger partial charge on any atom is 0.255 e. The number of amides is 1. The van der Waals surface area contributed by atoms with Crippen LogP contribution >= 0.6 is 35.0 Å². The fourth-order valence-corrected chi connectivity index (χ4v) is 6.35. The zero-order valence-corrected chi connectivity index (χ0v) is 23.6. The van der Waals surface area contributed by atoms with Gasteiger partial charge in [-0.15, -0.1) is 6.58 Å². The molecule has 2 unspecified atom stereocenters. The largest absolute Gasteiger partial charge is 0.355 e. The zero-order valence-electron chi connectivity index (χ0n) is 21.3. The molecule has 1 saturated heterocycles. The number of ether oxygens (including phenoxy) is 1. The molecule has 1 amide bonds. The first-order chi connectivity index (χ1) is 16.9. The summed E-state index contributed by atoms with van der Waals surface area (Å²) in [6.07, 6.45) is 3.69. The number of rotatable bonds is 8. The fraction of sp³-hybridized carbons (Fsp3) is 0.483. The SMILES string of the molecule is C=CC[C@]1(C)O[C@H](c2cccc(Cl)c2)C(c2ccc(Cl)c(F)c2)N(C(CSC(C)(C)C)C2CC2)C1=O. The summed E-state index contributed by atoms with van der Waals surface area (Å²) >= 11 is 14.3. The topological polar surface area (TPSA) is 29.5 Å². The molecule has 1 heterocycles. The van der Waals surface area contributed by atoms with Crippen LogP contribution in [0.1, 0.15) is 70.2 Å². The molecule has 2 aromatic carbocycles. The van der Waals surface area contributed by atoms with Gasteiger partial charge < -0.3 is 9.64 Å².